The molecule has 0 amide bonds. The van der Waals surface area contributed by atoms with Crippen LogP contribution in [-0.2, 0) is 14.8 Å². The number of hydrogen-bond acceptors (Lipinski definition) is 7. The highest BCUT2D eigenvalue weighted by atomic mass is 32.2. The Labute approximate surface area is 154 Å². The van der Waals surface area contributed by atoms with E-state index in [0.717, 1.165) is 0 Å². The van der Waals surface area contributed by atoms with Crippen molar-refractivity contribution < 1.29 is 22.6 Å². The molecular weight excluding hydrogens is 358 g/mol. The highest BCUT2D eigenvalue weighted by Crippen LogP contribution is 2.41. The smallest absolute Gasteiger partial charge is 0.211 e. The third-order valence-electron chi connectivity index (χ3n) is 4.07. The van der Waals surface area contributed by atoms with Gasteiger partial charge in [-0.2, -0.15) is 4.31 Å². The molecule has 9 heteroatoms. The maximum absolute atomic E-state index is 11.9. The van der Waals surface area contributed by atoms with E-state index in [1.54, 1.807) is 23.1 Å². The lowest BCUT2D eigenvalue weighted by Crippen LogP contribution is -2.48. The summed E-state index contributed by atoms with van der Waals surface area (Å²) in [6, 6.07) is 5.29. The van der Waals surface area contributed by atoms with Gasteiger partial charge in [0.1, 0.15) is 29.1 Å². The Bertz CT molecular complexity index is 771. The first-order valence-electron chi connectivity index (χ1n) is 7.91. The summed E-state index contributed by atoms with van der Waals surface area (Å²) in [4.78, 5) is 1.56. The molecular formula is C17H25N3O5S. The minimum atomic E-state index is -3.34. The van der Waals surface area contributed by atoms with Crippen LogP contribution in [0.15, 0.2) is 42.9 Å². The van der Waals surface area contributed by atoms with Crippen molar-refractivity contribution in [1.82, 2.24) is 4.31 Å². The van der Waals surface area contributed by atoms with Gasteiger partial charge in [-0.05, 0) is 12.1 Å². The van der Waals surface area contributed by atoms with Crippen molar-refractivity contribution in [2.24, 2.45) is 5.73 Å². The number of anilines is 1. The van der Waals surface area contributed by atoms with E-state index < -0.39 is 16.1 Å². The Hall–Kier alpha value is -2.23. The number of sulfonamides is 1. The largest absolute Gasteiger partial charge is 0.494 e. The topological polar surface area (TPSA) is 94.3 Å². The van der Waals surface area contributed by atoms with Crippen molar-refractivity contribution in [2.45, 2.75) is 6.10 Å². The predicted octanol–water partition coefficient (Wildman–Crippen LogP) is 1.11. The standard InChI is InChI=1S/C17H25N3O5S/c1-12(16-11-19(9-10-25-16)26(5,21)22)20(13(2)18)17-14(23-3)7-6-8-15(17)24-4/h6-8,16H,1-2,9-11,18H2,3-5H3/t16-/m1/s1. The number of hydrogen-bond donors (Lipinski definition) is 1. The molecule has 144 valence electrons. The van der Waals surface area contributed by atoms with Crippen LogP contribution in [0.4, 0.5) is 5.69 Å². The first kappa shape index (κ1) is 20.1. The monoisotopic (exact) mass is 383 g/mol. The van der Waals surface area contributed by atoms with Crippen LogP contribution in [0.25, 0.3) is 0 Å². The minimum absolute atomic E-state index is 0.138. The predicted molar refractivity (Wildman–Crippen MR) is 101 cm³/mol. The van der Waals surface area contributed by atoms with Crippen molar-refractivity contribution in [3.63, 3.8) is 0 Å². The average Bonchev–Trinajstić information content (AvgIpc) is 2.61. The fourth-order valence-corrected chi connectivity index (χ4v) is 3.61. The van der Waals surface area contributed by atoms with E-state index in [0.29, 0.717) is 29.4 Å². The number of ether oxygens (including phenoxy) is 3. The van der Waals surface area contributed by atoms with E-state index in [4.69, 9.17) is 19.9 Å². The molecule has 1 saturated heterocycles. The average molecular weight is 383 g/mol. The summed E-state index contributed by atoms with van der Waals surface area (Å²) >= 11 is 0. The summed E-state index contributed by atoms with van der Waals surface area (Å²) in [5.74, 6) is 1.19. The van der Waals surface area contributed by atoms with Crippen LogP contribution in [0.2, 0.25) is 0 Å². The SMILES string of the molecule is C=C(N)N(C(=C)[C@H]1CN(S(C)(=O)=O)CCO1)c1c(OC)cccc1OC. The quantitative estimate of drug-likeness (QED) is 0.754. The van der Waals surface area contributed by atoms with Crippen molar-refractivity contribution >= 4 is 15.7 Å². The summed E-state index contributed by atoms with van der Waals surface area (Å²) < 4.78 is 41.7. The van der Waals surface area contributed by atoms with Crippen LogP contribution < -0.4 is 20.1 Å². The Kier molecular flexibility index (Phi) is 6.17. The van der Waals surface area contributed by atoms with Crippen molar-refractivity contribution in [1.29, 1.82) is 0 Å². The van der Waals surface area contributed by atoms with Gasteiger partial charge in [-0.3, -0.25) is 4.90 Å². The molecule has 0 bridgehead atoms. The molecule has 8 nitrogen and oxygen atoms in total. The van der Waals surface area contributed by atoms with Crippen molar-refractivity contribution in [2.75, 3.05) is 45.1 Å². The zero-order valence-corrected chi connectivity index (χ0v) is 16.1. The molecule has 0 radical (unpaired) electrons. The zero-order valence-electron chi connectivity index (χ0n) is 15.3. The fraction of sp³-hybridized carbons (Fsp3) is 0.412. The molecule has 0 spiro atoms. The van der Waals surface area contributed by atoms with E-state index >= 15 is 0 Å². The molecule has 1 aromatic carbocycles. The Morgan fingerprint density at radius 1 is 1.31 bits per heavy atom. The summed E-state index contributed by atoms with van der Waals surface area (Å²) in [7, 11) is -0.280. The third kappa shape index (κ3) is 4.12. The second-order valence-electron chi connectivity index (χ2n) is 5.81. The lowest BCUT2D eigenvalue weighted by Gasteiger charge is -2.37. The maximum Gasteiger partial charge on any atom is 0.211 e. The first-order chi connectivity index (χ1) is 12.2. The summed E-state index contributed by atoms with van der Waals surface area (Å²) in [5.41, 5.74) is 6.98. The molecule has 0 aromatic heterocycles. The van der Waals surface area contributed by atoms with Crippen LogP contribution >= 0.6 is 0 Å². The maximum atomic E-state index is 11.9. The molecule has 2 rings (SSSR count). The van der Waals surface area contributed by atoms with Gasteiger partial charge in [0, 0.05) is 18.8 Å². The second kappa shape index (κ2) is 7.98. The van der Waals surface area contributed by atoms with Gasteiger partial charge in [0.15, 0.2) is 0 Å². The molecule has 1 atom stereocenters. The van der Waals surface area contributed by atoms with Crippen LogP contribution in [0, 0.1) is 0 Å². The minimum Gasteiger partial charge on any atom is -0.494 e. The molecule has 1 heterocycles. The molecule has 26 heavy (non-hydrogen) atoms. The molecule has 1 aliphatic rings. The number of nitrogens with zero attached hydrogens (tertiary/aromatic N) is 2. The third-order valence-corrected chi connectivity index (χ3v) is 5.34. The van der Waals surface area contributed by atoms with Crippen LogP contribution in [0.1, 0.15) is 0 Å². The van der Waals surface area contributed by atoms with Gasteiger partial charge in [-0.15, -0.1) is 0 Å². The number of nitrogens with two attached hydrogens (primary N) is 1. The summed E-state index contributed by atoms with van der Waals surface area (Å²) in [6.45, 7) is 8.57. The van der Waals surface area contributed by atoms with Gasteiger partial charge < -0.3 is 19.9 Å². The van der Waals surface area contributed by atoms with Crippen LogP contribution in [0.5, 0.6) is 11.5 Å². The lowest BCUT2D eigenvalue weighted by molar-refractivity contribution is 0.0196. The number of para-hydroxylation sites is 1. The van der Waals surface area contributed by atoms with E-state index in [-0.39, 0.29) is 19.0 Å². The van der Waals surface area contributed by atoms with Crippen LogP contribution in [-0.4, -0.2) is 59.0 Å². The molecule has 2 N–H and O–H groups in total. The van der Waals surface area contributed by atoms with Gasteiger partial charge in [0.05, 0.1) is 27.1 Å². The number of methoxy groups -OCH3 is 2. The van der Waals surface area contributed by atoms with E-state index in [9.17, 15) is 8.42 Å². The zero-order chi connectivity index (χ0) is 19.5. The molecule has 1 fully saturated rings. The van der Waals surface area contributed by atoms with E-state index in [1.165, 1.54) is 24.8 Å². The molecule has 0 saturated carbocycles. The van der Waals surface area contributed by atoms with Crippen molar-refractivity contribution in [3.05, 3.63) is 42.9 Å². The van der Waals surface area contributed by atoms with Gasteiger partial charge in [-0.25, -0.2) is 8.42 Å². The Balaban J connectivity index is 2.42. The van der Waals surface area contributed by atoms with Gasteiger partial charge >= 0.3 is 0 Å². The first-order valence-corrected chi connectivity index (χ1v) is 9.76. The highest BCUT2D eigenvalue weighted by molar-refractivity contribution is 7.88. The lowest BCUT2D eigenvalue weighted by atomic mass is 10.1. The Morgan fingerprint density at radius 3 is 2.35 bits per heavy atom. The van der Waals surface area contributed by atoms with Gasteiger partial charge in [-0.1, -0.05) is 19.2 Å². The van der Waals surface area contributed by atoms with E-state index in [1.807, 2.05) is 0 Å². The molecule has 0 unspecified atom stereocenters. The molecule has 1 aliphatic heterocycles. The van der Waals surface area contributed by atoms with Crippen molar-refractivity contribution in [3.8, 4) is 11.5 Å². The number of benzene rings is 1. The summed E-state index contributed by atoms with van der Waals surface area (Å²) in [6.07, 6.45) is 0.578. The number of morpholine rings is 1. The summed E-state index contributed by atoms with van der Waals surface area (Å²) in [5, 5.41) is 0. The normalized spacial score (nSPS) is 18.2. The second-order valence-corrected chi connectivity index (χ2v) is 7.79. The fourth-order valence-electron chi connectivity index (χ4n) is 2.80. The van der Waals surface area contributed by atoms with E-state index in [2.05, 4.69) is 13.2 Å². The highest BCUT2D eigenvalue weighted by Gasteiger charge is 2.32. The Morgan fingerprint density at radius 2 is 1.88 bits per heavy atom. The van der Waals surface area contributed by atoms with Gasteiger partial charge in [0.25, 0.3) is 0 Å². The molecule has 1 aromatic rings. The molecule has 0 aliphatic carbocycles. The van der Waals surface area contributed by atoms with Gasteiger partial charge in [0.2, 0.25) is 10.0 Å². The number of rotatable bonds is 7. The van der Waals surface area contributed by atoms with Crippen LogP contribution in [0.3, 0.4) is 0 Å².